The van der Waals surface area contributed by atoms with Crippen LogP contribution in [-0.2, 0) is 13.0 Å². The van der Waals surface area contributed by atoms with E-state index < -0.39 is 0 Å². The summed E-state index contributed by atoms with van der Waals surface area (Å²) in [5.74, 6) is 0.891. The van der Waals surface area contributed by atoms with Crippen LogP contribution in [0.3, 0.4) is 0 Å². The van der Waals surface area contributed by atoms with Gasteiger partial charge in [-0.2, -0.15) is 0 Å². The maximum absolute atomic E-state index is 12.0. The van der Waals surface area contributed by atoms with E-state index >= 15 is 0 Å². The fraction of sp³-hybridized carbons (Fsp3) is 0.174. The fourth-order valence-corrected chi connectivity index (χ4v) is 3.45. The number of rotatable bonds is 6. The Hall–Kier alpha value is -3.11. The first-order valence-electron chi connectivity index (χ1n) is 9.22. The maximum atomic E-state index is 12.0. The minimum absolute atomic E-state index is 0.0263. The molecular formula is C23H22NO3+. The number of hydrogen-bond donors (Lipinski definition) is 1. The molecule has 0 radical (unpaired) electrons. The van der Waals surface area contributed by atoms with Gasteiger partial charge in [-0.1, -0.05) is 49.4 Å². The highest BCUT2D eigenvalue weighted by molar-refractivity contribution is 5.80. The number of fused-ring (bicyclic) bond motifs is 1. The van der Waals surface area contributed by atoms with E-state index in [-0.39, 0.29) is 11.7 Å². The molecule has 0 saturated carbocycles. The minimum atomic E-state index is -0.312. The van der Waals surface area contributed by atoms with Gasteiger partial charge in [-0.3, -0.25) is 0 Å². The second-order valence-corrected chi connectivity index (χ2v) is 6.62. The third kappa shape index (κ3) is 3.71. The van der Waals surface area contributed by atoms with Crippen LogP contribution < -0.4 is 10.9 Å². The van der Waals surface area contributed by atoms with Gasteiger partial charge in [0.05, 0.1) is 6.26 Å². The van der Waals surface area contributed by atoms with Crippen LogP contribution >= 0.6 is 0 Å². The van der Waals surface area contributed by atoms with Crippen molar-refractivity contribution < 1.29 is 14.2 Å². The average molecular weight is 360 g/mol. The molecule has 27 heavy (non-hydrogen) atoms. The summed E-state index contributed by atoms with van der Waals surface area (Å²) in [5.41, 5.74) is 3.63. The first kappa shape index (κ1) is 17.3. The van der Waals surface area contributed by atoms with E-state index in [4.69, 9.17) is 8.83 Å². The molecule has 1 atom stereocenters. The normalized spacial score (nSPS) is 12.3. The summed E-state index contributed by atoms with van der Waals surface area (Å²) in [6.07, 6.45) is 2.60. The Labute approximate surface area is 157 Å². The second kappa shape index (κ2) is 7.64. The van der Waals surface area contributed by atoms with E-state index in [0.29, 0.717) is 12.1 Å². The third-order valence-electron chi connectivity index (χ3n) is 4.88. The Kier molecular flexibility index (Phi) is 4.90. The molecule has 2 aromatic carbocycles. The maximum Gasteiger partial charge on any atom is 0.336 e. The zero-order valence-corrected chi connectivity index (χ0v) is 15.2. The highest BCUT2D eigenvalue weighted by Gasteiger charge is 2.21. The molecule has 4 rings (SSSR count). The topological polar surface area (TPSA) is 60.0 Å². The van der Waals surface area contributed by atoms with Crippen molar-refractivity contribution in [2.45, 2.75) is 25.9 Å². The van der Waals surface area contributed by atoms with Gasteiger partial charge in [0.25, 0.3) is 0 Å². The van der Waals surface area contributed by atoms with Crippen molar-refractivity contribution in [2.75, 3.05) is 0 Å². The van der Waals surface area contributed by atoms with Crippen molar-refractivity contribution >= 4 is 11.0 Å². The Morgan fingerprint density at radius 2 is 1.85 bits per heavy atom. The second-order valence-electron chi connectivity index (χ2n) is 6.62. The first-order valence-corrected chi connectivity index (χ1v) is 9.22. The minimum Gasteiger partial charge on any atom is -0.463 e. The smallest absolute Gasteiger partial charge is 0.336 e. The quantitative estimate of drug-likeness (QED) is 0.532. The van der Waals surface area contributed by atoms with Crippen LogP contribution in [0.4, 0.5) is 0 Å². The molecule has 0 spiro atoms. The molecule has 2 N–H and O–H groups in total. The molecule has 2 aromatic heterocycles. The van der Waals surface area contributed by atoms with E-state index in [1.807, 2.05) is 42.5 Å². The van der Waals surface area contributed by atoms with Gasteiger partial charge in [0.2, 0.25) is 0 Å². The van der Waals surface area contributed by atoms with Crippen molar-refractivity contribution in [1.82, 2.24) is 0 Å². The summed E-state index contributed by atoms with van der Waals surface area (Å²) in [4.78, 5) is 12.0. The Balaban J connectivity index is 1.68. The van der Waals surface area contributed by atoms with Gasteiger partial charge in [0.1, 0.15) is 12.1 Å². The molecule has 0 saturated heterocycles. The number of benzene rings is 2. The van der Waals surface area contributed by atoms with Crippen LogP contribution in [0, 0.1) is 0 Å². The number of hydrogen-bond acceptors (Lipinski definition) is 3. The van der Waals surface area contributed by atoms with E-state index in [1.165, 1.54) is 0 Å². The Morgan fingerprint density at radius 3 is 2.59 bits per heavy atom. The van der Waals surface area contributed by atoms with Gasteiger partial charge in [-0.05, 0) is 30.2 Å². The van der Waals surface area contributed by atoms with Crippen LogP contribution in [0.25, 0.3) is 11.0 Å². The predicted molar refractivity (Wildman–Crippen MR) is 104 cm³/mol. The van der Waals surface area contributed by atoms with Gasteiger partial charge >= 0.3 is 5.63 Å². The number of quaternary nitrogens is 1. The lowest BCUT2D eigenvalue weighted by atomic mass is 10.0. The summed E-state index contributed by atoms with van der Waals surface area (Å²) in [6, 6.07) is 21.8. The van der Waals surface area contributed by atoms with Gasteiger partial charge in [-0.25, -0.2) is 4.79 Å². The highest BCUT2D eigenvalue weighted by atomic mass is 16.4. The molecule has 0 fully saturated rings. The standard InChI is InChI=1S/C23H21NO3/c1-2-16-10-11-19-18(14-22(25)27-21(19)13-16)15-24-23(20-9-6-12-26-20)17-7-4-3-5-8-17/h3-14,23-24H,2,15H2,1H3/p+1/t23-/m0/s1. The molecular weight excluding hydrogens is 338 g/mol. The van der Waals surface area contributed by atoms with Crippen molar-refractivity contribution in [1.29, 1.82) is 0 Å². The molecule has 0 aliphatic rings. The summed E-state index contributed by atoms with van der Waals surface area (Å²) in [7, 11) is 0. The molecule has 4 aromatic rings. The zero-order valence-electron chi connectivity index (χ0n) is 15.2. The fourth-order valence-electron chi connectivity index (χ4n) is 3.45. The lowest BCUT2D eigenvalue weighted by molar-refractivity contribution is -0.704. The highest BCUT2D eigenvalue weighted by Crippen LogP contribution is 2.21. The molecule has 4 nitrogen and oxygen atoms in total. The SMILES string of the molecule is CCc1ccc2c(C[NH2+][C@@H](c3ccccc3)c3ccco3)cc(=O)oc2c1. The van der Waals surface area contributed by atoms with E-state index in [0.717, 1.165) is 34.3 Å². The first-order chi connectivity index (χ1) is 13.2. The van der Waals surface area contributed by atoms with Crippen LogP contribution in [0.2, 0.25) is 0 Å². The molecule has 136 valence electrons. The molecule has 0 unspecified atom stereocenters. The Morgan fingerprint density at radius 1 is 1.00 bits per heavy atom. The van der Waals surface area contributed by atoms with E-state index in [9.17, 15) is 4.79 Å². The summed E-state index contributed by atoms with van der Waals surface area (Å²) < 4.78 is 11.1. The lowest BCUT2D eigenvalue weighted by Crippen LogP contribution is -2.83. The third-order valence-corrected chi connectivity index (χ3v) is 4.88. The van der Waals surface area contributed by atoms with Crippen LogP contribution in [-0.4, -0.2) is 0 Å². The largest absolute Gasteiger partial charge is 0.463 e. The number of aryl methyl sites for hydroxylation is 1. The van der Waals surface area contributed by atoms with Crippen molar-refractivity contribution in [2.24, 2.45) is 0 Å². The van der Waals surface area contributed by atoms with Crippen molar-refractivity contribution in [3.63, 3.8) is 0 Å². The molecule has 0 amide bonds. The van der Waals surface area contributed by atoms with Gasteiger partial charge in [0, 0.05) is 22.6 Å². The molecule has 2 heterocycles. The van der Waals surface area contributed by atoms with Crippen molar-refractivity contribution in [3.8, 4) is 0 Å². The Bertz CT molecular complexity index is 1080. The van der Waals surface area contributed by atoms with E-state index in [1.54, 1.807) is 12.3 Å². The number of furan rings is 1. The van der Waals surface area contributed by atoms with Crippen molar-refractivity contribution in [3.05, 3.63) is 106 Å². The summed E-state index contributed by atoms with van der Waals surface area (Å²) in [6.45, 7) is 2.73. The number of nitrogens with two attached hydrogens (primary N) is 1. The summed E-state index contributed by atoms with van der Waals surface area (Å²) >= 11 is 0. The van der Waals surface area contributed by atoms with Gasteiger partial charge in [-0.15, -0.1) is 0 Å². The lowest BCUT2D eigenvalue weighted by Gasteiger charge is -2.14. The zero-order chi connectivity index (χ0) is 18.6. The average Bonchev–Trinajstić information content (AvgIpc) is 3.22. The van der Waals surface area contributed by atoms with Gasteiger partial charge < -0.3 is 14.2 Å². The molecule has 4 heteroatoms. The van der Waals surface area contributed by atoms with E-state index in [2.05, 4.69) is 30.4 Å². The molecule has 0 aliphatic heterocycles. The monoisotopic (exact) mass is 360 g/mol. The van der Waals surface area contributed by atoms with Crippen LogP contribution in [0.1, 0.15) is 35.4 Å². The predicted octanol–water partition coefficient (Wildman–Crippen LogP) is 3.80. The summed E-state index contributed by atoms with van der Waals surface area (Å²) in [5, 5.41) is 3.17. The molecule has 0 aliphatic carbocycles. The van der Waals surface area contributed by atoms with Crippen LogP contribution in [0.5, 0.6) is 0 Å². The van der Waals surface area contributed by atoms with Crippen LogP contribution in [0.15, 0.2) is 86.6 Å². The van der Waals surface area contributed by atoms with Gasteiger partial charge in [0.15, 0.2) is 11.8 Å². The molecule has 0 bridgehead atoms.